The molecule has 0 spiro atoms. The van der Waals surface area contributed by atoms with Crippen LogP contribution in [0.5, 0.6) is 5.75 Å². The Kier molecular flexibility index (Phi) is 5.83. The zero-order valence-electron chi connectivity index (χ0n) is 13.0. The Morgan fingerprint density at radius 1 is 1.16 bits per heavy atom. The number of hydrogen-bond acceptors (Lipinski definition) is 3. The van der Waals surface area contributed by atoms with E-state index in [0.717, 1.165) is 12.2 Å². The molecule has 1 rings (SSSR count). The van der Waals surface area contributed by atoms with Crippen LogP contribution in [0.2, 0.25) is 0 Å². The van der Waals surface area contributed by atoms with Crippen LogP contribution in [-0.2, 0) is 11.2 Å². The standard InChI is InChI=1S/C16H27NO2/c1-16(2,3)15(19-6)13(17-4)11-12-9-7-8-10-14(12)18-5/h7-10,13,15,17H,11H2,1-6H3. The van der Waals surface area contributed by atoms with Gasteiger partial charge in [-0.05, 0) is 30.5 Å². The summed E-state index contributed by atoms with van der Waals surface area (Å²) in [6.45, 7) is 6.61. The largest absolute Gasteiger partial charge is 0.496 e. The van der Waals surface area contributed by atoms with Crippen LogP contribution >= 0.6 is 0 Å². The van der Waals surface area contributed by atoms with Gasteiger partial charge in [0.25, 0.3) is 0 Å². The van der Waals surface area contributed by atoms with Crippen LogP contribution in [0, 0.1) is 5.41 Å². The van der Waals surface area contributed by atoms with E-state index in [1.165, 1.54) is 5.56 Å². The van der Waals surface area contributed by atoms with Crippen LogP contribution in [0.1, 0.15) is 26.3 Å². The van der Waals surface area contributed by atoms with Gasteiger partial charge in [-0.25, -0.2) is 0 Å². The molecule has 3 heteroatoms. The van der Waals surface area contributed by atoms with Crippen molar-refractivity contribution < 1.29 is 9.47 Å². The first-order chi connectivity index (χ1) is 8.93. The lowest BCUT2D eigenvalue weighted by Crippen LogP contribution is -2.47. The summed E-state index contributed by atoms with van der Waals surface area (Å²) in [6, 6.07) is 8.40. The highest BCUT2D eigenvalue weighted by atomic mass is 16.5. The van der Waals surface area contributed by atoms with E-state index < -0.39 is 0 Å². The summed E-state index contributed by atoms with van der Waals surface area (Å²) in [6.07, 6.45) is 1.03. The molecule has 0 saturated heterocycles. The van der Waals surface area contributed by atoms with Gasteiger partial charge < -0.3 is 14.8 Å². The fraction of sp³-hybridized carbons (Fsp3) is 0.625. The van der Waals surface area contributed by atoms with Crippen LogP contribution in [-0.4, -0.2) is 33.4 Å². The fourth-order valence-corrected chi connectivity index (χ4v) is 2.59. The molecule has 0 fully saturated rings. The minimum absolute atomic E-state index is 0.0877. The summed E-state index contributed by atoms with van der Waals surface area (Å²) in [5.41, 5.74) is 1.29. The van der Waals surface area contributed by atoms with E-state index in [0.29, 0.717) is 0 Å². The molecule has 0 radical (unpaired) electrons. The van der Waals surface area contributed by atoms with Crippen LogP contribution in [0.3, 0.4) is 0 Å². The van der Waals surface area contributed by atoms with Crippen molar-refractivity contribution in [3.8, 4) is 5.75 Å². The van der Waals surface area contributed by atoms with Crippen LogP contribution < -0.4 is 10.1 Å². The maximum atomic E-state index is 5.71. The smallest absolute Gasteiger partial charge is 0.122 e. The molecule has 0 bridgehead atoms. The molecule has 19 heavy (non-hydrogen) atoms. The third-order valence-corrected chi connectivity index (χ3v) is 3.48. The van der Waals surface area contributed by atoms with Crippen molar-refractivity contribution in [2.45, 2.75) is 39.3 Å². The molecule has 1 aromatic carbocycles. The predicted molar refractivity (Wildman–Crippen MR) is 79.8 cm³/mol. The highest BCUT2D eigenvalue weighted by Gasteiger charge is 2.31. The highest BCUT2D eigenvalue weighted by molar-refractivity contribution is 5.34. The van der Waals surface area contributed by atoms with E-state index >= 15 is 0 Å². The van der Waals surface area contributed by atoms with E-state index in [4.69, 9.17) is 9.47 Å². The predicted octanol–water partition coefficient (Wildman–Crippen LogP) is 2.89. The van der Waals surface area contributed by atoms with Crippen molar-refractivity contribution in [3.05, 3.63) is 29.8 Å². The molecular formula is C16H27NO2. The number of ether oxygens (including phenoxy) is 2. The van der Waals surface area contributed by atoms with E-state index in [-0.39, 0.29) is 17.6 Å². The monoisotopic (exact) mass is 265 g/mol. The first-order valence-electron chi connectivity index (χ1n) is 6.76. The van der Waals surface area contributed by atoms with Crippen molar-refractivity contribution >= 4 is 0 Å². The molecule has 2 atom stereocenters. The topological polar surface area (TPSA) is 30.5 Å². The Morgan fingerprint density at radius 3 is 2.26 bits per heavy atom. The van der Waals surface area contributed by atoms with Gasteiger partial charge in [-0.1, -0.05) is 39.0 Å². The first-order valence-corrected chi connectivity index (χ1v) is 6.76. The van der Waals surface area contributed by atoms with Gasteiger partial charge in [-0.15, -0.1) is 0 Å². The SMILES string of the molecule is CNC(Cc1ccccc1OC)C(OC)C(C)(C)C. The minimum atomic E-state index is 0.0877. The normalized spacial score (nSPS) is 15.1. The second kappa shape index (κ2) is 6.92. The molecule has 0 aliphatic rings. The molecule has 1 N–H and O–H groups in total. The molecule has 3 nitrogen and oxygen atoms in total. The van der Waals surface area contributed by atoms with Gasteiger partial charge >= 0.3 is 0 Å². The maximum absolute atomic E-state index is 5.71. The zero-order chi connectivity index (χ0) is 14.5. The first kappa shape index (κ1) is 16.0. The summed E-state index contributed by atoms with van der Waals surface area (Å²) in [4.78, 5) is 0. The molecule has 0 aliphatic carbocycles. The Labute approximate surface area is 117 Å². The Balaban J connectivity index is 2.92. The average Bonchev–Trinajstić information content (AvgIpc) is 2.37. The molecule has 2 unspecified atom stereocenters. The Morgan fingerprint density at radius 2 is 1.79 bits per heavy atom. The van der Waals surface area contributed by atoms with Crippen molar-refractivity contribution in [1.29, 1.82) is 0 Å². The van der Waals surface area contributed by atoms with Gasteiger partial charge in [0.1, 0.15) is 5.75 Å². The molecule has 0 saturated carbocycles. The lowest BCUT2D eigenvalue weighted by molar-refractivity contribution is -0.00931. The lowest BCUT2D eigenvalue weighted by Gasteiger charge is -2.36. The van der Waals surface area contributed by atoms with Gasteiger partial charge in [0, 0.05) is 13.2 Å². The van der Waals surface area contributed by atoms with Gasteiger partial charge in [-0.2, -0.15) is 0 Å². The number of likely N-dealkylation sites (N-methyl/N-ethyl adjacent to an activating group) is 1. The van der Waals surface area contributed by atoms with Crippen LogP contribution in [0.15, 0.2) is 24.3 Å². The van der Waals surface area contributed by atoms with E-state index in [1.54, 1.807) is 14.2 Å². The summed E-state index contributed by atoms with van der Waals surface area (Å²) in [7, 11) is 5.48. The minimum Gasteiger partial charge on any atom is -0.496 e. The molecule has 0 amide bonds. The highest BCUT2D eigenvalue weighted by Crippen LogP contribution is 2.28. The van der Waals surface area contributed by atoms with Gasteiger partial charge in [0.2, 0.25) is 0 Å². The van der Waals surface area contributed by atoms with Crippen molar-refractivity contribution in [3.63, 3.8) is 0 Å². The Hall–Kier alpha value is -1.06. The van der Waals surface area contributed by atoms with Crippen molar-refractivity contribution in [2.24, 2.45) is 5.41 Å². The fourth-order valence-electron chi connectivity index (χ4n) is 2.59. The number of methoxy groups -OCH3 is 2. The number of rotatable bonds is 6. The van der Waals surface area contributed by atoms with E-state index in [2.05, 4.69) is 32.2 Å². The second-order valence-electron chi connectivity index (χ2n) is 5.93. The summed E-state index contributed by atoms with van der Waals surface area (Å²) >= 11 is 0. The van der Waals surface area contributed by atoms with Crippen LogP contribution in [0.25, 0.3) is 0 Å². The summed E-state index contributed by atoms with van der Waals surface area (Å²) < 4.78 is 11.1. The van der Waals surface area contributed by atoms with E-state index in [9.17, 15) is 0 Å². The lowest BCUT2D eigenvalue weighted by atomic mass is 9.82. The third-order valence-electron chi connectivity index (χ3n) is 3.48. The second-order valence-corrected chi connectivity index (χ2v) is 5.93. The zero-order valence-corrected chi connectivity index (χ0v) is 13.0. The van der Waals surface area contributed by atoms with Gasteiger partial charge in [0.05, 0.1) is 13.2 Å². The quantitative estimate of drug-likeness (QED) is 0.858. The third kappa shape index (κ3) is 4.22. The van der Waals surface area contributed by atoms with Crippen molar-refractivity contribution in [1.82, 2.24) is 5.32 Å². The van der Waals surface area contributed by atoms with Crippen molar-refractivity contribution in [2.75, 3.05) is 21.3 Å². The van der Waals surface area contributed by atoms with Gasteiger partial charge in [0.15, 0.2) is 0 Å². The van der Waals surface area contributed by atoms with Gasteiger partial charge in [-0.3, -0.25) is 0 Å². The summed E-state index contributed by atoms with van der Waals surface area (Å²) in [5.74, 6) is 0.937. The number of nitrogens with one attached hydrogen (secondary N) is 1. The molecule has 108 valence electrons. The molecule has 0 aromatic heterocycles. The molecule has 0 heterocycles. The number of benzene rings is 1. The average molecular weight is 265 g/mol. The number of para-hydroxylation sites is 1. The molecular weight excluding hydrogens is 238 g/mol. The summed E-state index contributed by atoms with van der Waals surface area (Å²) in [5, 5.41) is 3.38. The molecule has 1 aromatic rings. The Bertz CT molecular complexity index is 385. The van der Waals surface area contributed by atoms with E-state index in [1.807, 2.05) is 25.2 Å². The maximum Gasteiger partial charge on any atom is 0.122 e. The van der Waals surface area contributed by atoms with Crippen LogP contribution in [0.4, 0.5) is 0 Å². The molecule has 0 aliphatic heterocycles. The number of hydrogen-bond donors (Lipinski definition) is 1.